The Labute approximate surface area is 144 Å². The van der Waals surface area contributed by atoms with Gasteiger partial charge in [-0.25, -0.2) is 9.82 Å². The van der Waals surface area contributed by atoms with Gasteiger partial charge in [-0.15, -0.1) is 0 Å². The van der Waals surface area contributed by atoms with E-state index in [9.17, 15) is 14.3 Å². The van der Waals surface area contributed by atoms with E-state index in [0.717, 1.165) is 0 Å². The van der Waals surface area contributed by atoms with Crippen LogP contribution in [0.25, 0.3) is 0 Å². The van der Waals surface area contributed by atoms with Gasteiger partial charge in [0.1, 0.15) is 17.6 Å². The van der Waals surface area contributed by atoms with E-state index in [4.69, 9.17) is 11.6 Å². The highest BCUT2D eigenvalue weighted by atomic mass is 35.5. The molecule has 0 saturated carbocycles. The minimum atomic E-state index is -0.580. The van der Waals surface area contributed by atoms with Gasteiger partial charge < -0.3 is 10.4 Å². The van der Waals surface area contributed by atoms with E-state index in [-0.39, 0.29) is 17.5 Å². The monoisotopic (exact) mass is 349 g/mol. The van der Waals surface area contributed by atoms with Crippen molar-refractivity contribution in [3.05, 3.63) is 58.9 Å². The highest BCUT2D eigenvalue weighted by molar-refractivity contribution is 6.33. The van der Waals surface area contributed by atoms with Crippen LogP contribution in [0.1, 0.15) is 18.9 Å². The summed E-state index contributed by atoms with van der Waals surface area (Å²) in [7, 11) is 0. The fourth-order valence-corrected chi connectivity index (χ4v) is 2.24. The quantitative estimate of drug-likeness (QED) is 0.551. The second kappa shape index (κ2) is 8.31. The second-order valence-electron chi connectivity index (χ2n) is 5.02. The fourth-order valence-electron chi connectivity index (χ4n) is 2.02. The van der Waals surface area contributed by atoms with Gasteiger partial charge in [-0.05, 0) is 36.8 Å². The molecular formula is C17H17ClFN3O2. The molecule has 0 heterocycles. The number of halogens is 2. The summed E-state index contributed by atoms with van der Waals surface area (Å²) in [5.41, 5.74) is 3.19. The Hall–Kier alpha value is -2.60. The average Bonchev–Trinajstić information content (AvgIpc) is 2.55. The average molecular weight is 350 g/mol. The summed E-state index contributed by atoms with van der Waals surface area (Å²) < 4.78 is 13.2. The lowest BCUT2D eigenvalue weighted by Gasteiger charge is -2.16. The SMILES string of the molecule is CCC(Nc1cccc(F)c1)C(=O)NN=Cc1c(O)cccc1Cl. The molecule has 1 atom stereocenters. The second-order valence-corrected chi connectivity index (χ2v) is 5.43. The summed E-state index contributed by atoms with van der Waals surface area (Å²) >= 11 is 5.94. The van der Waals surface area contributed by atoms with Gasteiger partial charge in [-0.2, -0.15) is 5.10 Å². The molecule has 1 amide bonds. The number of aromatic hydroxyl groups is 1. The molecule has 0 aromatic heterocycles. The molecule has 2 rings (SSSR count). The lowest BCUT2D eigenvalue weighted by atomic mass is 10.2. The third-order valence-corrected chi connectivity index (χ3v) is 3.62. The minimum absolute atomic E-state index is 0.0366. The van der Waals surface area contributed by atoms with Crippen LogP contribution in [0.3, 0.4) is 0 Å². The molecule has 0 saturated heterocycles. The molecule has 126 valence electrons. The Morgan fingerprint density at radius 1 is 1.38 bits per heavy atom. The maximum Gasteiger partial charge on any atom is 0.262 e. The van der Waals surface area contributed by atoms with Crippen molar-refractivity contribution < 1.29 is 14.3 Å². The lowest BCUT2D eigenvalue weighted by Crippen LogP contribution is -2.36. The third kappa shape index (κ3) is 4.70. The molecule has 0 fully saturated rings. The van der Waals surface area contributed by atoms with Crippen molar-refractivity contribution in [1.82, 2.24) is 5.43 Å². The van der Waals surface area contributed by atoms with E-state index in [1.807, 2.05) is 6.92 Å². The molecule has 0 spiro atoms. The van der Waals surface area contributed by atoms with Crippen LogP contribution in [0.2, 0.25) is 5.02 Å². The van der Waals surface area contributed by atoms with E-state index >= 15 is 0 Å². The van der Waals surface area contributed by atoms with Crippen molar-refractivity contribution in [1.29, 1.82) is 0 Å². The van der Waals surface area contributed by atoms with Crippen molar-refractivity contribution in [2.75, 3.05) is 5.32 Å². The predicted octanol–water partition coefficient (Wildman–Crippen LogP) is 3.53. The molecule has 5 nitrogen and oxygen atoms in total. The van der Waals surface area contributed by atoms with Crippen LogP contribution >= 0.6 is 11.6 Å². The van der Waals surface area contributed by atoms with Crippen LogP contribution < -0.4 is 10.7 Å². The minimum Gasteiger partial charge on any atom is -0.507 e. The highest BCUT2D eigenvalue weighted by Gasteiger charge is 2.15. The van der Waals surface area contributed by atoms with Crippen LogP contribution in [0.4, 0.5) is 10.1 Å². The van der Waals surface area contributed by atoms with Gasteiger partial charge in [0.2, 0.25) is 0 Å². The summed E-state index contributed by atoms with van der Waals surface area (Å²) in [6.45, 7) is 1.82. The Morgan fingerprint density at radius 2 is 2.12 bits per heavy atom. The van der Waals surface area contributed by atoms with Crippen LogP contribution in [-0.2, 0) is 4.79 Å². The number of carbonyl (C=O) groups is 1. The Morgan fingerprint density at radius 3 is 2.79 bits per heavy atom. The molecule has 0 radical (unpaired) electrons. The number of phenolic OH excluding ortho intramolecular Hbond substituents is 1. The first-order valence-corrected chi connectivity index (χ1v) is 7.71. The Balaban J connectivity index is 2.00. The van der Waals surface area contributed by atoms with Crippen LogP contribution in [0.15, 0.2) is 47.6 Å². The maximum atomic E-state index is 13.2. The summed E-state index contributed by atoms with van der Waals surface area (Å²) in [4.78, 5) is 12.1. The van der Waals surface area contributed by atoms with Gasteiger partial charge in [0.25, 0.3) is 5.91 Å². The van der Waals surface area contributed by atoms with Crippen molar-refractivity contribution in [3.63, 3.8) is 0 Å². The number of rotatable bonds is 6. The number of anilines is 1. The van der Waals surface area contributed by atoms with E-state index in [2.05, 4.69) is 15.8 Å². The van der Waals surface area contributed by atoms with Crippen molar-refractivity contribution >= 4 is 29.4 Å². The number of hydrogen-bond acceptors (Lipinski definition) is 4. The van der Waals surface area contributed by atoms with E-state index in [0.29, 0.717) is 22.7 Å². The molecule has 0 aliphatic carbocycles. The number of hydrazone groups is 1. The maximum absolute atomic E-state index is 13.2. The Bertz CT molecular complexity index is 732. The molecule has 3 N–H and O–H groups in total. The number of amides is 1. The van der Waals surface area contributed by atoms with Crippen LogP contribution in [0.5, 0.6) is 5.75 Å². The molecular weight excluding hydrogens is 333 g/mol. The smallest absolute Gasteiger partial charge is 0.262 e. The van der Waals surface area contributed by atoms with Gasteiger partial charge >= 0.3 is 0 Å². The number of benzene rings is 2. The topological polar surface area (TPSA) is 73.7 Å². The summed E-state index contributed by atoms with van der Waals surface area (Å²) in [5.74, 6) is -0.808. The van der Waals surface area contributed by atoms with Gasteiger partial charge in [-0.1, -0.05) is 30.7 Å². The van der Waals surface area contributed by atoms with Gasteiger partial charge in [0.05, 0.1) is 16.8 Å². The summed E-state index contributed by atoms with van der Waals surface area (Å²) in [5, 5.41) is 16.8. The first kappa shape index (κ1) is 17.7. The molecule has 0 aliphatic heterocycles. The molecule has 7 heteroatoms. The van der Waals surface area contributed by atoms with E-state index < -0.39 is 6.04 Å². The van der Waals surface area contributed by atoms with Crippen LogP contribution in [-0.4, -0.2) is 23.3 Å². The first-order chi connectivity index (χ1) is 11.5. The highest BCUT2D eigenvalue weighted by Crippen LogP contribution is 2.22. The zero-order chi connectivity index (χ0) is 17.5. The van der Waals surface area contributed by atoms with Gasteiger partial charge in [0, 0.05) is 5.69 Å². The van der Waals surface area contributed by atoms with Crippen LogP contribution in [0, 0.1) is 5.82 Å². The van der Waals surface area contributed by atoms with Crippen molar-refractivity contribution in [2.45, 2.75) is 19.4 Å². The zero-order valence-electron chi connectivity index (χ0n) is 13.0. The normalized spacial score (nSPS) is 12.1. The molecule has 0 bridgehead atoms. The zero-order valence-corrected chi connectivity index (χ0v) is 13.7. The summed E-state index contributed by atoms with van der Waals surface area (Å²) in [6.07, 6.45) is 1.75. The number of carbonyl (C=O) groups excluding carboxylic acids is 1. The first-order valence-electron chi connectivity index (χ1n) is 7.33. The largest absolute Gasteiger partial charge is 0.507 e. The van der Waals surface area contributed by atoms with E-state index in [1.54, 1.807) is 24.3 Å². The third-order valence-electron chi connectivity index (χ3n) is 3.29. The van der Waals surface area contributed by atoms with E-state index in [1.165, 1.54) is 24.4 Å². The summed E-state index contributed by atoms with van der Waals surface area (Å²) in [6, 6.07) is 9.95. The molecule has 24 heavy (non-hydrogen) atoms. The number of nitrogens with zero attached hydrogens (tertiary/aromatic N) is 1. The molecule has 1 unspecified atom stereocenters. The van der Waals surface area contributed by atoms with Crippen molar-refractivity contribution in [2.24, 2.45) is 5.10 Å². The van der Waals surface area contributed by atoms with Crippen molar-refractivity contribution in [3.8, 4) is 5.75 Å². The fraction of sp³-hybridized carbons (Fsp3) is 0.176. The molecule has 0 aliphatic rings. The number of nitrogens with one attached hydrogen (secondary N) is 2. The molecule has 2 aromatic carbocycles. The predicted molar refractivity (Wildman–Crippen MR) is 93.0 cm³/mol. The number of hydrogen-bond donors (Lipinski definition) is 3. The number of phenols is 1. The standard InChI is InChI=1S/C17H17ClFN3O2/c1-2-15(21-12-6-3-5-11(19)9-12)17(24)22-20-10-13-14(18)7-4-8-16(13)23/h3-10,15,21,23H,2H2,1H3,(H,22,24). The Kier molecular flexibility index (Phi) is 6.14. The lowest BCUT2D eigenvalue weighted by molar-refractivity contribution is -0.121. The molecule has 2 aromatic rings. The van der Waals surface area contributed by atoms with Gasteiger partial charge in [0.15, 0.2) is 0 Å². The van der Waals surface area contributed by atoms with Gasteiger partial charge in [-0.3, -0.25) is 4.79 Å².